The molecule has 5 rings (SSSR count). The molecule has 1 unspecified atom stereocenters. The predicted molar refractivity (Wildman–Crippen MR) is 121 cm³/mol. The maximum absolute atomic E-state index is 11.2. The molecule has 1 aliphatic carbocycles. The van der Waals surface area contributed by atoms with E-state index < -0.39 is 5.97 Å². The number of aromatic amines is 1. The Bertz CT molecular complexity index is 1410. The second-order valence-corrected chi connectivity index (χ2v) is 8.56. The van der Waals surface area contributed by atoms with E-state index in [1.54, 1.807) is 18.2 Å². The van der Waals surface area contributed by atoms with Crippen LogP contribution in [0.25, 0.3) is 33.7 Å². The summed E-state index contributed by atoms with van der Waals surface area (Å²) in [6, 6.07) is 13.2. The number of carboxylic acids is 1. The van der Waals surface area contributed by atoms with Gasteiger partial charge in [0.2, 0.25) is 5.82 Å². The van der Waals surface area contributed by atoms with Crippen molar-refractivity contribution in [3.63, 3.8) is 0 Å². The minimum absolute atomic E-state index is 0.0137. The van der Waals surface area contributed by atoms with Crippen molar-refractivity contribution in [1.82, 2.24) is 15.1 Å². The summed E-state index contributed by atoms with van der Waals surface area (Å²) in [7, 11) is 0. The number of carboxylic acid groups (broad SMARTS) is 1. The van der Waals surface area contributed by atoms with Crippen LogP contribution in [0.1, 0.15) is 49.4 Å². The minimum atomic E-state index is -0.783. The number of nitrogens with zero attached hydrogens (tertiary/aromatic N) is 3. The summed E-state index contributed by atoms with van der Waals surface area (Å²) in [6.07, 6.45) is 1.77. The lowest BCUT2D eigenvalue weighted by Crippen LogP contribution is -2.05. The van der Waals surface area contributed by atoms with E-state index in [-0.39, 0.29) is 18.4 Å². The predicted octanol–water partition coefficient (Wildman–Crippen LogP) is 5.05. The monoisotopic (exact) mass is 442 g/mol. The van der Waals surface area contributed by atoms with Gasteiger partial charge in [0, 0.05) is 33.6 Å². The molecular formula is C25H22N4O4. The highest BCUT2D eigenvalue weighted by Crippen LogP contribution is 2.40. The fourth-order valence-corrected chi connectivity index (χ4v) is 4.49. The number of nitrogens with one attached hydrogen (secondary N) is 1. The van der Waals surface area contributed by atoms with Crippen molar-refractivity contribution in [2.75, 3.05) is 0 Å². The van der Waals surface area contributed by atoms with Crippen molar-refractivity contribution in [3.8, 4) is 34.7 Å². The average molecular weight is 442 g/mol. The van der Waals surface area contributed by atoms with Gasteiger partial charge in [-0.25, -0.2) is 0 Å². The molecule has 0 saturated heterocycles. The largest absolute Gasteiger partial charge is 0.491 e. The molecule has 0 fully saturated rings. The van der Waals surface area contributed by atoms with Crippen molar-refractivity contribution in [3.05, 3.63) is 53.2 Å². The Morgan fingerprint density at radius 3 is 2.91 bits per heavy atom. The molecule has 0 amide bonds. The first-order valence-electron chi connectivity index (χ1n) is 10.8. The van der Waals surface area contributed by atoms with E-state index in [1.807, 2.05) is 32.0 Å². The van der Waals surface area contributed by atoms with E-state index in [2.05, 4.69) is 21.2 Å². The summed E-state index contributed by atoms with van der Waals surface area (Å²) in [6.45, 7) is 3.84. The Hall–Kier alpha value is -4.12. The highest BCUT2D eigenvalue weighted by atomic mass is 16.5. The number of nitriles is 1. The molecule has 4 aromatic rings. The summed E-state index contributed by atoms with van der Waals surface area (Å²) < 4.78 is 11.3. The highest BCUT2D eigenvalue weighted by molar-refractivity contribution is 5.89. The fourth-order valence-electron chi connectivity index (χ4n) is 4.49. The van der Waals surface area contributed by atoms with Crippen LogP contribution in [0.15, 0.2) is 40.9 Å². The van der Waals surface area contributed by atoms with Gasteiger partial charge in [-0.15, -0.1) is 0 Å². The van der Waals surface area contributed by atoms with Gasteiger partial charge < -0.3 is 19.4 Å². The van der Waals surface area contributed by atoms with Crippen LogP contribution in [0, 0.1) is 11.3 Å². The smallest absolute Gasteiger partial charge is 0.304 e. The van der Waals surface area contributed by atoms with Crippen molar-refractivity contribution < 1.29 is 19.2 Å². The number of aliphatic carboxylic acids is 1. The van der Waals surface area contributed by atoms with Gasteiger partial charge in [0.1, 0.15) is 5.75 Å². The van der Waals surface area contributed by atoms with Gasteiger partial charge in [0.15, 0.2) is 0 Å². The van der Waals surface area contributed by atoms with Gasteiger partial charge in [-0.05, 0) is 68.7 Å². The standard InChI is InChI=1S/C25H22N4O4/c1-13(2)32-18-8-14(12-26)7-17(9-18)25-28-24(29-33-25)16-4-6-21-20(10-16)19-5-3-15(11-22(30)31)23(19)27-21/h4,6-10,13,15,27H,3,5,11H2,1-2H3,(H,30,31). The average Bonchev–Trinajstić information content (AvgIpc) is 3.49. The van der Waals surface area contributed by atoms with Gasteiger partial charge in [-0.3, -0.25) is 4.79 Å². The van der Waals surface area contributed by atoms with E-state index in [0.717, 1.165) is 35.0 Å². The number of aryl methyl sites for hydroxylation is 1. The third-order valence-corrected chi connectivity index (χ3v) is 5.85. The summed E-state index contributed by atoms with van der Waals surface area (Å²) in [4.78, 5) is 19.1. The second-order valence-electron chi connectivity index (χ2n) is 8.56. The zero-order chi connectivity index (χ0) is 23.1. The molecule has 2 heterocycles. The molecule has 0 radical (unpaired) electrons. The normalized spacial score (nSPS) is 15.0. The summed E-state index contributed by atoms with van der Waals surface area (Å²) in [5.41, 5.74) is 5.02. The zero-order valence-electron chi connectivity index (χ0n) is 18.3. The minimum Gasteiger partial charge on any atom is -0.491 e. The Labute approximate surface area is 189 Å². The third kappa shape index (κ3) is 3.94. The highest BCUT2D eigenvalue weighted by Gasteiger charge is 2.28. The Morgan fingerprint density at radius 1 is 1.30 bits per heavy atom. The number of rotatable bonds is 6. The van der Waals surface area contributed by atoms with Crippen LogP contribution in [0.5, 0.6) is 5.75 Å². The van der Waals surface area contributed by atoms with Crippen LogP contribution < -0.4 is 4.74 Å². The Morgan fingerprint density at radius 2 is 2.15 bits per heavy atom. The van der Waals surface area contributed by atoms with E-state index in [0.29, 0.717) is 28.6 Å². The number of benzene rings is 2. The molecule has 1 aliphatic rings. The first-order valence-corrected chi connectivity index (χ1v) is 10.8. The second kappa shape index (κ2) is 8.10. The van der Waals surface area contributed by atoms with E-state index in [9.17, 15) is 15.2 Å². The molecule has 0 bridgehead atoms. The maximum atomic E-state index is 11.2. The van der Waals surface area contributed by atoms with E-state index >= 15 is 0 Å². The van der Waals surface area contributed by atoms with Gasteiger partial charge in [0.05, 0.1) is 24.2 Å². The lowest BCUT2D eigenvalue weighted by Gasteiger charge is -2.10. The van der Waals surface area contributed by atoms with Crippen LogP contribution in [0.2, 0.25) is 0 Å². The van der Waals surface area contributed by atoms with Crippen LogP contribution >= 0.6 is 0 Å². The van der Waals surface area contributed by atoms with E-state index in [4.69, 9.17) is 9.26 Å². The molecule has 166 valence electrons. The van der Waals surface area contributed by atoms with Crippen molar-refractivity contribution in [2.24, 2.45) is 0 Å². The first-order chi connectivity index (χ1) is 15.9. The Kier molecular flexibility index (Phi) is 5.09. The van der Waals surface area contributed by atoms with Gasteiger partial charge in [-0.1, -0.05) is 5.16 Å². The van der Waals surface area contributed by atoms with E-state index in [1.165, 1.54) is 5.56 Å². The quantitative estimate of drug-likeness (QED) is 0.428. The number of hydrogen-bond acceptors (Lipinski definition) is 6. The number of ether oxygens (including phenoxy) is 1. The topological polar surface area (TPSA) is 125 Å². The molecular weight excluding hydrogens is 420 g/mol. The van der Waals surface area contributed by atoms with Gasteiger partial charge in [0.25, 0.3) is 5.89 Å². The van der Waals surface area contributed by atoms with Crippen LogP contribution in [0.3, 0.4) is 0 Å². The van der Waals surface area contributed by atoms with Gasteiger partial charge >= 0.3 is 5.97 Å². The molecule has 0 saturated carbocycles. The molecule has 2 N–H and O–H groups in total. The molecule has 2 aromatic carbocycles. The van der Waals surface area contributed by atoms with Crippen molar-refractivity contribution in [1.29, 1.82) is 5.26 Å². The number of carbonyl (C=O) groups is 1. The first kappa shape index (κ1) is 20.8. The molecule has 1 atom stereocenters. The van der Waals surface area contributed by atoms with Crippen LogP contribution in [-0.4, -0.2) is 32.3 Å². The molecule has 33 heavy (non-hydrogen) atoms. The lowest BCUT2D eigenvalue weighted by atomic mass is 10.0. The fraction of sp³-hybridized carbons (Fsp3) is 0.280. The molecule has 0 spiro atoms. The third-order valence-electron chi connectivity index (χ3n) is 5.85. The Balaban J connectivity index is 1.49. The van der Waals surface area contributed by atoms with Crippen LogP contribution in [-0.2, 0) is 11.2 Å². The number of hydrogen-bond donors (Lipinski definition) is 2. The van der Waals surface area contributed by atoms with Crippen molar-refractivity contribution >= 4 is 16.9 Å². The SMILES string of the molecule is CC(C)Oc1cc(C#N)cc(-c2nc(-c3ccc4[nH]c5c(c4c3)CCC5CC(=O)O)no2)c1. The summed E-state index contributed by atoms with van der Waals surface area (Å²) in [5, 5.41) is 23.8. The molecule has 0 aliphatic heterocycles. The molecule has 8 heteroatoms. The van der Waals surface area contributed by atoms with Gasteiger partial charge in [-0.2, -0.15) is 10.2 Å². The maximum Gasteiger partial charge on any atom is 0.304 e. The van der Waals surface area contributed by atoms with Crippen LogP contribution in [0.4, 0.5) is 0 Å². The van der Waals surface area contributed by atoms with Crippen molar-refractivity contribution in [2.45, 2.75) is 45.1 Å². The summed E-state index contributed by atoms with van der Waals surface area (Å²) in [5.74, 6) is 0.542. The zero-order valence-corrected chi connectivity index (χ0v) is 18.3. The number of H-pyrrole nitrogens is 1. The molecule has 8 nitrogen and oxygen atoms in total. The lowest BCUT2D eigenvalue weighted by molar-refractivity contribution is -0.137. The summed E-state index contributed by atoms with van der Waals surface area (Å²) >= 11 is 0. The molecule has 2 aromatic heterocycles. The number of fused-ring (bicyclic) bond motifs is 3. The number of aromatic nitrogens is 3.